The van der Waals surface area contributed by atoms with E-state index in [0.29, 0.717) is 30.4 Å². The molecule has 0 aliphatic heterocycles. The number of amides is 1. The van der Waals surface area contributed by atoms with Crippen molar-refractivity contribution in [3.05, 3.63) is 34.3 Å². The first-order chi connectivity index (χ1) is 7.69. The number of rotatable bonds is 5. The first kappa shape index (κ1) is 13.8. The smallest absolute Gasteiger partial charge is 0.253 e. The maximum Gasteiger partial charge on any atom is 0.253 e. The van der Waals surface area contributed by atoms with E-state index in [1.807, 2.05) is 12.1 Å². The van der Waals surface area contributed by atoms with Gasteiger partial charge in [-0.15, -0.1) is 23.2 Å². The molecule has 0 saturated carbocycles. The van der Waals surface area contributed by atoms with Crippen molar-refractivity contribution in [3.63, 3.8) is 0 Å². The summed E-state index contributed by atoms with van der Waals surface area (Å²) >= 11 is 14.6. The van der Waals surface area contributed by atoms with E-state index in [2.05, 4.69) is 15.9 Å². The van der Waals surface area contributed by atoms with Crippen molar-refractivity contribution in [2.24, 2.45) is 0 Å². The van der Waals surface area contributed by atoms with E-state index in [-0.39, 0.29) is 5.91 Å². The van der Waals surface area contributed by atoms with Crippen molar-refractivity contribution < 1.29 is 4.79 Å². The summed E-state index contributed by atoms with van der Waals surface area (Å²) in [5.41, 5.74) is 0.643. The van der Waals surface area contributed by atoms with Gasteiger partial charge < -0.3 is 4.90 Å². The van der Waals surface area contributed by atoms with E-state index in [0.717, 1.165) is 4.47 Å². The van der Waals surface area contributed by atoms with Crippen LogP contribution in [0.5, 0.6) is 0 Å². The highest BCUT2D eigenvalue weighted by molar-refractivity contribution is 9.10. The lowest BCUT2D eigenvalue weighted by Crippen LogP contribution is -2.34. The number of benzene rings is 1. The molecule has 88 valence electrons. The third kappa shape index (κ3) is 3.96. The number of halogens is 3. The van der Waals surface area contributed by atoms with Crippen molar-refractivity contribution in [1.82, 2.24) is 4.90 Å². The second kappa shape index (κ2) is 7.15. The van der Waals surface area contributed by atoms with Gasteiger partial charge in [0.1, 0.15) is 0 Å². The molecule has 0 aliphatic rings. The summed E-state index contributed by atoms with van der Waals surface area (Å²) < 4.78 is 0.884. The fourth-order valence-electron chi connectivity index (χ4n) is 1.32. The molecule has 0 atom stereocenters. The lowest BCUT2D eigenvalue weighted by atomic mass is 10.2. The number of hydrogen-bond donors (Lipinski definition) is 0. The van der Waals surface area contributed by atoms with Crippen molar-refractivity contribution in [3.8, 4) is 0 Å². The van der Waals surface area contributed by atoms with Crippen molar-refractivity contribution in [1.29, 1.82) is 0 Å². The minimum absolute atomic E-state index is 0.0393. The highest BCUT2D eigenvalue weighted by Gasteiger charge is 2.14. The summed E-state index contributed by atoms with van der Waals surface area (Å²) in [7, 11) is 0. The molecule has 0 unspecified atom stereocenters. The van der Waals surface area contributed by atoms with Gasteiger partial charge in [-0.25, -0.2) is 0 Å². The molecule has 0 fully saturated rings. The molecule has 0 radical (unpaired) electrons. The summed E-state index contributed by atoms with van der Waals surface area (Å²) in [5.74, 6) is 0.787. The lowest BCUT2D eigenvalue weighted by molar-refractivity contribution is 0.0775. The standard InChI is InChI=1S/C11H12BrCl2NO/c12-10-3-1-2-9(8-10)11(16)15(6-4-13)7-5-14/h1-3,8H,4-7H2. The minimum atomic E-state index is -0.0393. The van der Waals surface area contributed by atoms with Gasteiger partial charge in [0, 0.05) is 34.9 Å². The predicted octanol–water partition coefficient (Wildman–Crippen LogP) is 3.37. The molecule has 0 aromatic heterocycles. The first-order valence-corrected chi connectivity index (χ1v) is 6.72. The summed E-state index contributed by atoms with van der Waals surface area (Å²) in [6.45, 7) is 1.03. The average Bonchev–Trinajstić information content (AvgIpc) is 2.28. The number of nitrogens with zero attached hydrogens (tertiary/aromatic N) is 1. The number of carbonyl (C=O) groups excluding carboxylic acids is 1. The zero-order chi connectivity index (χ0) is 12.0. The number of carbonyl (C=O) groups is 1. The van der Waals surface area contributed by atoms with Crippen LogP contribution in [0.4, 0.5) is 0 Å². The van der Waals surface area contributed by atoms with Gasteiger partial charge in [0.05, 0.1) is 0 Å². The molecule has 2 nitrogen and oxygen atoms in total. The highest BCUT2D eigenvalue weighted by atomic mass is 79.9. The fourth-order valence-corrected chi connectivity index (χ4v) is 2.13. The molecular weight excluding hydrogens is 313 g/mol. The van der Waals surface area contributed by atoms with Crippen LogP contribution in [0.25, 0.3) is 0 Å². The zero-order valence-electron chi connectivity index (χ0n) is 8.63. The van der Waals surface area contributed by atoms with Crippen LogP contribution in [0.15, 0.2) is 28.7 Å². The van der Waals surface area contributed by atoms with Gasteiger partial charge in [0.25, 0.3) is 5.91 Å². The van der Waals surface area contributed by atoms with E-state index in [1.54, 1.807) is 17.0 Å². The molecular formula is C11H12BrCl2NO. The third-order valence-electron chi connectivity index (χ3n) is 2.07. The predicted molar refractivity (Wildman–Crippen MR) is 71.5 cm³/mol. The molecule has 0 N–H and O–H groups in total. The Morgan fingerprint density at radius 3 is 2.38 bits per heavy atom. The Hall–Kier alpha value is -0.250. The van der Waals surface area contributed by atoms with Crippen LogP contribution in [0.2, 0.25) is 0 Å². The molecule has 1 aromatic carbocycles. The Kier molecular flexibility index (Phi) is 6.17. The molecule has 5 heteroatoms. The molecule has 0 bridgehead atoms. The van der Waals surface area contributed by atoms with Gasteiger partial charge in [-0.3, -0.25) is 4.79 Å². The first-order valence-electron chi connectivity index (χ1n) is 4.86. The van der Waals surface area contributed by atoms with Crippen LogP contribution in [-0.2, 0) is 0 Å². The molecule has 0 saturated heterocycles. The summed E-state index contributed by atoms with van der Waals surface area (Å²) in [5, 5.41) is 0. The molecule has 16 heavy (non-hydrogen) atoms. The Labute approximate surface area is 114 Å². The van der Waals surface area contributed by atoms with Crippen LogP contribution in [0.3, 0.4) is 0 Å². The average molecular weight is 325 g/mol. The van der Waals surface area contributed by atoms with Crippen molar-refractivity contribution in [2.45, 2.75) is 0 Å². The van der Waals surface area contributed by atoms with Gasteiger partial charge in [0.2, 0.25) is 0 Å². The second-order valence-electron chi connectivity index (χ2n) is 3.18. The Bertz CT molecular complexity index is 354. The van der Waals surface area contributed by atoms with Crippen LogP contribution in [-0.4, -0.2) is 35.7 Å². The van der Waals surface area contributed by atoms with Crippen molar-refractivity contribution in [2.75, 3.05) is 24.8 Å². The van der Waals surface area contributed by atoms with Gasteiger partial charge >= 0.3 is 0 Å². The molecule has 1 aromatic rings. The Balaban J connectivity index is 2.81. The maximum atomic E-state index is 12.1. The van der Waals surface area contributed by atoms with E-state index < -0.39 is 0 Å². The van der Waals surface area contributed by atoms with Gasteiger partial charge in [0.15, 0.2) is 0 Å². The van der Waals surface area contributed by atoms with Crippen LogP contribution < -0.4 is 0 Å². The van der Waals surface area contributed by atoms with E-state index in [9.17, 15) is 4.79 Å². The Morgan fingerprint density at radius 1 is 1.25 bits per heavy atom. The zero-order valence-corrected chi connectivity index (χ0v) is 11.7. The number of hydrogen-bond acceptors (Lipinski definition) is 1. The second-order valence-corrected chi connectivity index (χ2v) is 4.85. The summed E-state index contributed by atoms with van der Waals surface area (Å²) in [6.07, 6.45) is 0. The van der Waals surface area contributed by atoms with E-state index >= 15 is 0 Å². The van der Waals surface area contributed by atoms with Crippen LogP contribution in [0, 0.1) is 0 Å². The molecule has 1 rings (SSSR count). The lowest BCUT2D eigenvalue weighted by Gasteiger charge is -2.20. The Morgan fingerprint density at radius 2 is 1.88 bits per heavy atom. The number of alkyl halides is 2. The summed E-state index contributed by atoms with van der Waals surface area (Å²) in [6, 6.07) is 7.28. The SMILES string of the molecule is O=C(c1cccc(Br)c1)N(CCCl)CCCl. The highest BCUT2D eigenvalue weighted by Crippen LogP contribution is 2.13. The van der Waals surface area contributed by atoms with Gasteiger partial charge in [-0.2, -0.15) is 0 Å². The largest absolute Gasteiger partial charge is 0.336 e. The molecule has 0 aliphatic carbocycles. The van der Waals surface area contributed by atoms with Crippen LogP contribution in [0.1, 0.15) is 10.4 Å². The van der Waals surface area contributed by atoms with Crippen molar-refractivity contribution >= 4 is 45.0 Å². The molecule has 0 spiro atoms. The van der Waals surface area contributed by atoms with Gasteiger partial charge in [-0.05, 0) is 18.2 Å². The topological polar surface area (TPSA) is 20.3 Å². The fraction of sp³-hybridized carbons (Fsp3) is 0.364. The summed E-state index contributed by atoms with van der Waals surface area (Å²) in [4.78, 5) is 13.7. The van der Waals surface area contributed by atoms with E-state index in [1.165, 1.54) is 0 Å². The molecule has 0 heterocycles. The maximum absolute atomic E-state index is 12.1. The van der Waals surface area contributed by atoms with E-state index in [4.69, 9.17) is 23.2 Å². The normalized spacial score (nSPS) is 10.2. The molecule has 1 amide bonds. The van der Waals surface area contributed by atoms with Gasteiger partial charge in [-0.1, -0.05) is 22.0 Å². The third-order valence-corrected chi connectivity index (χ3v) is 2.90. The van der Waals surface area contributed by atoms with Crippen LogP contribution >= 0.6 is 39.1 Å². The quantitative estimate of drug-likeness (QED) is 0.760. The minimum Gasteiger partial charge on any atom is -0.336 e. The monoisotopic (exact) mass is 323 g/mol.